The van der Waals surface area contributed by atoms with Gasteiger partial charge in [-0.2, -0.15) is 5.26 Å². The highest BCUT2D eigenvalue weighted by Crippen LogP contribution is 2.12. The number of nitrogens with zero attached hydrogens (tertiary/aromatic N) is 4. The number of aromatic nitrogens is 2. The van der Waals surface area contributed by atoms with Crippen LogP contribution in [0.2, 0.25) is 0 Å². The summed E-state index contributed by atoms with van der Waals surface area (Å²) in [5, 5.41) is 8.73. The molecule has 6 nitrogen and oxygen atoms in total. The van der Waals surface area contributed by atoms with E-state index in [0.29, 0.717) is 11.4 Å². The number of carbonyl (C=O) groups excluding carboxylic acids is 1. The van der Waals surface area contributed by atoms with E-state index in [0.717, 1.165) is 0 Å². The Bertz CT molecular complexity index is 384. The molecule has 0 bridgehead atoms. The Labute approximate surface area is 81.0 Å². The number of nitriles is 1. The lowest BCUT2D eigenvalue weighted by atomic mass is 10.3. The molecule has 2 N–H and O–H groups in total. The highest BCUT2D eigenvalue weighted by Gasteiger charge is 2.10. The summed E-state index contributed by atoms with van der Waals surface area (Å²) in [5.74, 6) is -0.0729. The molecule has 0 aliphatic carbocycles. The van der Waals surface area contributed by atoms with Gasteiger partial charge in [0.2, 0.25) is 5.91 Å². The van der Waals surface area contributed by atoms with E-state index >= 15 is 0 Å². The molecule has 0 aliphatic rings. The van der Waals surface area contributed by atoms with Crippen LogP contribution in [0.1, 0.15) is 5.56 Å². The van der Waals surface area contributed by atoms with Crippen molar-refractivity contribution in [1.29, 1.82) is 5.26 Å². The van der Waals surface area contributed by atoms with Crippen molar-refractivity contribution in [1.82, 2.24) is 9.97 Å². The second-order valence-corrected chi connectivity index (χ2v) is 2.69. The third kappa shape index (κ3) is 2.17. The molecule has 1 rings (SSSR count). The highest BCUT2D eigenvalue weighted by molar-refractivity contribution is 5.79. The number of nitrogens with two attached hydrogens (primary N) is 1. The predicted octanol–water partition coefficient (Wildman–Crippen LogP) is -0.730. The van der Waals surface area contributed by atoms with Gasteiger partial charge in [-0.3, -0.25) is 4.79 Å². The van der Waals surface area contributed by atoms with Crippen molar-refractivity contribution in [2.75, 3.05) is 18.5 Å². The van der Waals surface area contributed by atoms with Crippen LogP contribution in [-0.2, 0) is 4.79 Å². The molecule has 0 saturated heterocycles. The smallest absolute Gasteiger partial charge is 0.236 e. The van der Waals surface area contributed by atoms with Crippen molar-refractivity contribution in [3.05, 3.63) is 18.1 Å². The molecule has 1 aromatic heterocycles. The number of likely N-dealkylation sites (N-methyl/N-ethyl adjacent to an activating group) is 1. The molecule has 0 fully saturated rings. The van der Waals surface area contributed by atoms with Gasteiger partial charge in [-0.15, -0.1) is 0 Å². The van der Waals surface area contributed by atoms with E-state index < -0.39 is 5.91 Å². The molecule has 0 atom stereocenters. The van der Waals surface area contributed by atoms with Gasteiger partial charge in [-0.1, -0.05) is 0 Å². The topological polar surface area (TPSA) is 95.9 Å². The molecular formula is C8H9N5O. The lowest BCUT2D eigenvalue weighted by Gasteiger charge is -2.16. The Morgan fingerprint density at radius 3 is 3.07 bits per heavy atom. The Morgan fingerprint density at radius 1 is 1.79 bits per heavy atom. The first-order chi connectivity index (χ1) is 6.65. The first kappa shape index (κ1) is 9.92. The standard InChI is InChI=1S/C8H9N5O/c1-13(4-7(10)14)8-6(2-9)3-11-5-12-8/h3,5H,4H2,1H3,(H2,10,14). The first-order valence-corrected chi connectivity index (χ1v) is 3.84. The third-order valence-electron chi connectivity index (χ3n) is 1.57. The maximum absolute atomic E-state index is 10.6. The van der Waals surface area contributed by atoms with Crippen LogP contribution in [0.4, 0.5) is 5.82 Å². The van der Waals surface area contributed by atoms with Gasteiger partial charge in [0.15, 0.2) is 0 Å². The Balaban J connectivity index is 2.95. The molecule has 1 aromatic rings. The Morgan fingerprint density at radius 2 is 2.50 bits per heavy atom. The Hall–Kier alpha value is -2.16. The molecular weight excluding hydrogens is 182 g/mol. The van der Waals surface area contributed by atoms with E-state index in [1.165, 1.54) is 17.4 Å². The van der Waals surface area contributed by atoms with Crippen molar-refractivity contribution in [2.45, 2.75) is 0 Å². The maximum atomic E-state index is 10.6. The zero-order chi connectivity index (χ0) is 10.6. The molecule has 0 radical (unpaired) electrons. The number of primary amides is 1. The third-order valence-corrected chi connectivity index (χ3v) is 1.57. The summed E-state index contributed by atoms with van der Waals surface area (Å²) in [7, 11) is 1.63. The molecule has 0 aromatic carbocycles. The van der Waals surface area contributed by atoms with Crippen LogP contribution >= 0.6 is 0 Å². The summed E-state index contributed by atoms with van der Waals surface area (Å²) >= 11 is 0. The van der Waals surface area contributed by atoms with E-state index in [4.69, 9.17) is 11.0 Å². The van der Waals surface area contributed by atoms with Crippen LogP contribution in [0.3, 0.4) is 0 Å². The van der Waals surface area contributed by atoms with Crippen molar-refractivity contribution >= 4 is 11.7 Å². The molecule has 6 heteroatoms. The molecule has 0 spiro atoms. The number of amides is 1. The minimum absolute atomic E-state index is 0.0195. The van der Waals surface area contributed by atoms with Gasteiger partial charge in [-0.25, -0.2) is 9.97 Å². The van der Waals surface area contributed by atoms with E-state index in [1.807, 2.05) is 6.07 Å². The van der Waals surface area contributed by atoms with Crippen LogP contribution in [0.5, 0.6) is 0 Å². The fourth-order valence-corrected chi connectivity index (χ4v) is 1.01. The van der Waals surface area contributed by atoms with E-state index in [2.05, 4.69) is 9.97 Å². The Kier molecular flexibility index (Phi) is 2.97. The van der Waals surface area contributed by atoms with E-state index in [-0.39, 0.29) is 6.54 Å². The van der Waals surface area contributed by atoms with E-state index in [1.54, 1.807) is 7.05 Å². The van der Waals surface area contributed by atoms with Gasteiger partial charge in [0.1, 0.15) is 23.8 Å². The summed E-state index contributed by atoms with van der Waals surface area (Å²) in [6, 6.07) is 1.93. The first-order valence-electron chi connectivity index (χ1n) is 3.84. The van der Waals surface area contributed by atoms with Gasteiger partial charge in [0, 0.05) is 7.05 Å². The molecule has 1 heterocycles. The van der Waals surface area contributed by atoms with Crippen molar-refractivity contribution in [3.8, 4) is 6.07 Å². The van der Waals surface area contributed by atoms with Gasteiger partial charge in [0.25, 0.3) is 0 Å². The molecule has 0 aliphatic heterocycles. The zero-order valence-electron chi connectivity index (χ0n) is 7.64. The van der Waals surface area contributed by atoms with Crippen LogP contribution in [0.25, 0.3) is 0 Å². The SMILES string of the molecule is CN(CC(N)=O)c1ncncc1C#N. The summed E-state index contributed by atoms with van der Waals surface area (Å²) < 4.78 is 0. The number of hydrogen-bond donors (Lipinski definition) is 1. The molecule has 14 heavy (non-hydrogen) atoms. The van der Waals surface area contributed by atoms with Crippen molar-refractivity contribution in [2.24, 2.45) is 5.73 Å². The monoisotopic (exact) mass is 191 g/mol. The number of anilines is 1. The molecule has 1 amide bonds. The summed E-state index contributed by atoms with van der Waals surface area (Å²) in [5.41, 5.74) is 5.33. The summed E-state index contributed by atoms with van der Waals surface area (Å²) in [6.07, 6.45) is 2.70. The minimum Gasteiger partial charge on any atom is -0.368 e. The normalized spacial score (nSPS) is 9.14. The van der Waals surface area contributed by atoms with Crippen LogP contribution in [-0.4, -0.2) is 29.5 Å². The average molecular weight is 191 g/mol. The largest absolute Gasteiger partial charge is 0.368 e. The fourth-order valence-electron chi connectivity index (χ4n) is 1.01. The summed E-state index contributed by atoms with van der Waals surface area (Å²) in [4.78, 5) is 19.7. The van der Waals surface area contributed by atoms with Gasteiger partial charge < -0.3 is 10.6 Å². The average Bonchev–Trinajstić information content (AvgIpc) is 2.16. The van der Waals surface area contributed by atoms with Gasteiger partial charge in [-0.05, 0) is 0 Å². The van der Waals surface area contributed by atoms with Crippen molar-refractivity contribution < 1.29 is 4.79 Å². The van der Waals surface area contributed by atoms with Crippen LogP contribution in [0, 0.1) is 11.3 Å². The molecule has 0 unspecified atom stereocenters. The molecule has 0 saturated carbocycles. The minimum atomic E-state index is -0.477. The maximum Gasteiger partial charge on any atom is 0.236 e. The highest BCUT2D eigenvalue weighted by atomic mass is 16.1. The van der Waals surface area contributed by atoms with Gasteiger partial charge in [0.05, 0.1) is 12.7 Å². The number of carbonyl (C=O) groups is 1. The second-order valence-electron chi connectivity index (χ2n) is 2.69. The number of rotatable bonds is 3. The van der Waals surface area contributed by atoms with Gasteiger partial charge >= 0.3 is 0 Å². The second kappa shape index (κ2) is 4.18. The lowest BCUT2D eigenvalue weighted by molar-refractivity contribution is -0.116. The quantitative estimate of drug-likeness (QED) is 0.679. The molecule has 72 valence electrons. The number of hydrogen-bond acceptors (Lipinski definition) is 5. The fraction of sp³-hybridized carbons (Fsp3) is 0.250. The van der Waals surface area contributed by atoms with Crippen LogP contribution < -0.4 is 10.6 Å². The lowest BCUT2D eigenvalue weighted by Crippen LogP contribution is -2.31. The zero-order valence-corrected chi connectivity index (χ0v) is 7.64. The van der Waals surface area contributed by atoms with Crippen LogP contribution in [0.15, 0.2) is 12.5 Å². The van der Waals surface area contributed by atoms with E-state index in [9.17, 15) is 4.79 Å². The summed E-state index contributed by atoms with van der Waals surface area (Å²) in [6.45, 7) is 0.0195. The predicted molar refractivity (Wildman–Crippen MR) is 49.2 cm³/mol. The van der Waals surface area contributed by atoms with Crippen molar-refractivity contribution in [3.63, 3.8) is 0 Å².